The lowest BCUT2D eigenvalue weighted by atomic mass is 9.97. The summed E-state index contributed by atoms with van der Waals surface area (Å²) in [7, 11) is 1.44. The van der Waals surface area contributed by atoms with Crippen molar-refractivity contribution in [2.24, 2.45) is 5.92 Å². The summed E-state index contributed by atoms with van der Waals surface area (Å²) >= 11 is 0. The lowest BCUT2D eigenvalue weighted by Crippen LogP contribution is -2.38. The van der Waals surface area contributed by atoms with Gasteiger partial charge in [-0.15, -0.1) is 0 Å². The molecule has 1 aromatic rings. The number of carbonyl (C=O) groups excluding carboxylic acids is 1. The first-order valence-electron chi connectivity index (χ1n) is 7.80. The van der Waals surface area contributed by atoms with Crippen molar-refractivity contribution in [1.29, 1.82) is 0 Å². The van der Waals surface area contributed by atoms with Crippen LogP contribution in [0.5, 0.6) is 0 Å². The highest BCUT2D eigenvalue weighted by atomic mass is 16.5. The summed E-state index contributed by atoms with van der Waals surface area (Å²) in [5, 5.41) is 0. The SMILES string of the molecule is CCN(CC)c1ncnc(N2CCC(C(=O)OC)CC2)c1N. The Balaban J connectivity index is 2.14. The molecular formula is C15H25N5O2. The van der Waals surface area contributed by atoms with E-state index in [0.717, 1.165) is 50.7 Å². The van der Waals surface area contributed by atoms with E-state index in [9.17, 15) is 4.79 Å². The molecule has 1 aliphatic heterocycles. The summed E-state index contributed by atoms with van der Waals surface area (Å²) in [6.07, 6.45) is 3.08. The lowest BCUT2D eigenvalue weighted by Gasteiger charge is -2.33. The van der Waals surface area contributed by atoms with Crippen molar-refractivity contribution in [2.45, 2.75) is 26.7 Å². The van der Waals surface area contributed by atoms with E-state index in [-0.39, 0.29) is 11.9 Å². The summed E-state index contributed by atoms with van der Waals surface area (Å²) in [5.74, 6) is 1.40. The number of ether oxygens (including phenoxy) is 1. The van der Waals surface area contributed by atoms with Gasteiger partial charge in [-0.05, 0) is 26.7 Å². The van der Waals surface area contributed by atoms with Gasteiger partial charge in [-0.2, -0.15) is 0 Å². The fourth-order valence-electron chi connectivity index (χ4n) is 2.90. The van der Waals surface area contributed by atoms with Crippen molar-refractivity contribution in [1.82, 2.24) is 9.97 Å². The van der Waals surface area contributed by atoms with Crippen LogP contribution in [0.2, 0.25) is 0 Å². The maximum Gasteiger partial charge on any atom is 0.308 e. The second-order valence-electron chi connectivity index (χ2n) is 5.39. The van der Waals surface area contributed by atoms with Crippen LogP contribution in [-0.2, 0) is 9.53 Å². The predicted molar refractivity (Wildman–Crippen MR) is 87.0 cm³/mol. The normalized spacial score (nSPS) is 15.7. The van der Waals surface area contributed by atoms with Gasteiger partial charge in [0.25, 0.3) is 0 Å². The molecule has 2 heterocycles. The van der Waals surface area contributed by atoms with E-state index in [0.29, 0.717) is 5.69 Å². The fourth-order valence-corrected chi connectivity index (χ4v) is 2.90. The van der Waals surface area contributed by atoms with Gasteiger partial charge in [-0.25, -0.2) is 9.97 Å². The van der Waals surface area contributed by atoms with Crippen molar-refractivity contribution >= 4 is 23.3 Å². The summed E-state index contributed by atoms with van der Waals surface area (Å²) in [6, 6.07) is 0. The molecule has 7 nitrogen and oxygen atoms in total. The highest BCUT2D eigenvalue weighted by Crippen LogP contribution is 2.31. The summed E-state index contributed by atoms with van der Waals surface area (Å²) in [4.78, 5) is 24.5. The number of hydrogen-bond donors (Lipinski definition) is 1. The number of nitrogen functional groups attached to an aromatic ring is 1. The van der Waals surface area contributed by atoms with Gasteiger partial charge >= 0.3 is 5.97 Å². The van der Waals surface area contributed by atoms with E-state index >= 15 is 0 Å². The molecule has 1 saturated heterocycles. The van der Waals surface area contributed by atoms with E-state index in [4.69, 9.17) is 10.5 Å². The first-order chi connectivity index (χ1) is 10.6. The van der Waals surface area contributed by atoms with Crippen LogP contribution in [0.3, 0.4) is 0 Å². The Morgan fingerprint density at radius 2 is 2.00 bits per heavy atom. The molecule has 1 aliphatic rings. The predicted octanol–water partition coefficient (Wildman–Crippen LogP) is 1.29. The van der Waals surface area contributed by atoms with Gasteiger partial charge in [0.2, 0.25) is 0 Å². The zero-order valence-corrected chi connectivity index (χ0v) is 13.6. The molecule has 0 unspecified atom stereocenters. The number of hydrogen-bond acceptors (Lipinski definition) is 7. The second kappa shape index (κ2) is 7.29. The molecule has 22 heavy (non-hydrogen) atoms. The van der Waals surface area contributed by atoms with E-state index in [1.165, 1.54) is 7.11 Å². The van der Waals surface area contributed by atoms with Crippen molar-refractivity contribution in [3.05, 3.63) is 6.33 Å². The van der Waals surface area contributed by atoms with Gasteiger partial charge in [-0.1, -0.05) is 0 Å². The van der Waals surface area contributed by atoms with Gasteiger partial charge in [0, 0.05) is 26.2 Å². The van der Waals surface area contributed by atoms with E-state index < -0.39 is 0 Å². The maximum absolute atomic E-state index is 11.6. The van der Waals surface area contributed by atoms with Crippen LogP contribution >= 0.6 is 0 Å². The monoisotopic (exact) mass is 307 g/mol. The molecule has 122 valence electrons. The van der Waals surface area contributed by atoms with E-state index in [1.807, 2.05) is 0 Å². The zero-order chi connectivity index (χ0) is 16.1. The van der Waals surface area contributed by atoms with E-state index in [2.05, 4.69) is 33.6 Å². The molecule has 2 N–H and O–H groups in total. The lowest BCUT2D eigenvalue weighted by molar-refractivity contribution is -0.146. The van der Waals surface area contributed by atoms with E-state index in [1.54, 1.807) is 6.33 Å². The number of anilines is 3. The molecule has 0 saturated carbocycles. The molecule has 0 aromatic carbocycles. The minimum atomic E-state index is -0.126. The van der Waals surface area contributed by atoms with Gasteiger partial charge in [0.15, 0.2) is 11.6 Å². The number of aromatic nitrogens is 2. The Morgan fingerprint density at radius 3 is 2.55 bits per heavy atom. The van der Waals surface area contributed by atoms with Crippen LogP contribution < -0.4 is 15.5 Å². The number of esters is 1. The highest BCUT2D eigenvalue weighted by Gasteiger charge is 2.27. The summed E-state index contributed by atoms with van der Waals surface area (Å²) in [6.45, 7) is 7.35. The Labute approximate surface area is 131 Å². The molecule has 7 heteroatoms. The topological polar surface area (TPSA) is 84.6 Å². The van der Waals surface area contributed by atoms with Crippen LogP contribution in [0.25, 0.3) is 0 Å². The Bertz CT molecular complexity index is 511. The van der Waals surface area contributed by atoms with Crippen LogP contribution in [0.4, 0.5) is 17.3 Å². The fraction of sp³-hybridized carbons (Fsp3) is 0.667. The molecule has 0 amide bonds. The molecular weight excluding hydrogens is 282 g/mol. The average Bonchev–Trinajstić information content (AvgIpc) is 2.57. The molecule has 0 bridgehead atoms. The minimum Gasteiger partial charge on any atom is -0.469 e. The van der Waals surface area contributed by atoms with Crippen molar-refractivity contribution in [3.8, 4) is 0 Å². The number of methoxy groups -OCH3 is 1. The molecule has 1 aromatic heterocycles. The molecule has 0 atom stereocenters. The maximum atomic E-state index is 11.6. The second-order valence-corrected chi connectivity index (χ2v) is 5.39. The Hall–Kier alpha value is -2.05. The van der Waals surface area contributed by atoms with Crippen LogP contribution in [0.1, 0.15) is 26.7 Å². The Morgan fingerprint density at radius 1 is 1.36 bits per heavy atom. The van der Waals surface area contributed by atoms with Gasteiger partial charge < -0.3 is 20.3 Å². The minimum absolute atomic E-state index is 0.0217. The summed E-state index contributed by atoms with van der Waals surface area (Å²) in [5.41, 5.74) is 6.90. The third kappa shape index (κ3) is 3.23. The summed E-state index contributed by atoms with van der Waals surface area (Å²) < 4.78 is 4.82. The van der Waals surface area contributed by atoms with Crippen LogP contribution in [0, 0.1) is 5.92 Å². The van der Waals surface area contributed by atoms with Crippen LogP contribution in [0.15, 0.2) is 6.33 Å². The first-order valence-corrected chi connectivity index (χ1v) is 7.80. The van der Waals surface area contributed by atoms with Gasteiger partial charge in [0.1, 0.15) is 12.0 Å². The molecule has 2 rings (SSSR count). The third-order valence-electron chi connectivity index (χ3n) is 4.23. The first kappa shape index (κ1) is 16.3. The number of rotatable bonds is 5. The molecule has 1 fully saturated rings. The smallest absolute Gasteiger partial charge is 0.308 e. The average molecular weight is 307 g/mol. The van der Waals surface area contributed by atoms with Gasteiger partial charge in [0.05, 0.1) is 13.0 Å². The molecule has 0 aliphatic carbocycles. The number of carbonyl (C=O) groups is 1. The largest absolute Gasteiger partial charge is 0.469 e. The standard InChI is InChI=1S/C15H25N5O2/c1-4-19(5-2)13-12(16)14(18-10-17-13)20-8-6-11(7-9-20)15(21)22-3/h10-11H,4-9,16H2,1-3H3. The number of nitrogens with two attached hydrogens (primary N) is 1. The molecule has 0 spiro atoms. The zero-order valence-electron chi connectivity index (χ0n) is 13.6. The van der Waals surface area contributed by atoms with Crippen molar-refractivity contribution in [3.63, 3.8) is 0 Å². The number of piperidine rings is 1. The van der Waals surface area contributed by atoms with Gasteiger partial charge in [-0.3, -0.25) is 4.79 Å². The quantitative estimate of drug-likeness (QED) is 0.821. The molecule has 0 radical (unpaired) electrons. The number of nitrogens with zero attached hydrogens (tertiary/aromatic N) is 4. The van der Waals surface area contributed by atoms with Crippen molar-refractivity contribution < 1.29 is 9.53 Å². The third-order valence-corrected chi connectivity index (χ3v) is 4.23. The van der Waals surface area contributed by atoms with Crippen molar-refractivity contribution in [2.75, 3.05) is 48.8 Å². The van der Waals surface area contributed by atoms with Crippen LogP contribution in [-0.4, -0.2) is 49.2 Å². The Kier molecular flexibility index (Phi) is 5.41. The highest BCUT2D eigenvalue weighted by molar-refractivity contribution is 5.76.